The minimum Gasteiger partial charge on any atom is -0.377 e. The van der Waals surface area contributed by atoms with Gasteiger partial charge >= 0.3 is 0 Å². The van der Waals surface area contributed by atoms with Crippen molar-refractivity contribution in [1.29, 1.82) is 0 Å². The maximum absolute atomic E-state index is 12.5. The molecule has 1 aliphatic heterocycles. The molecule has 1 saturated heterocycles. The Hall–Kier alpha value is -1.06. The number of hydrogen-bond donors (Lipinski definition) is 0. The molecule has 20 heavy (non-hydrogen) atoms. The van der Waals surface area contributed by atoms with Gasteiger partial charge in [0.15, 0.2) is 0 Å². The van der Waals surface area contributed by atoms with Gasteiger partial charge in [0, 0.05) is 19.0 Å². The van der Waals surface area contributed by atoms with E-state index < -0.39 is 0 Å². The molecule has 0 saturated carbocycles. The highest BCUT2D eigenvalue weighted by Crippen LogP contribution is 2.21. The van der Waals surface area contributed by atoms with Crippen LogP contribution in [0.5, 0.6) is 0 Å². The highest BCUT2D eigenvalue weighted by atomic mass is 35.5. The van der Waals surface area contributed by atoms with Gasteiger partial charge in [0.2, 0.25) is 5.91 Å². The molecule has 1 heterocycles. The number of rotatable bonds is 5. The summed E-state index contributed by atoms with van der Waals surface area (Å²) in [6.07, 6.45) is 2.07. The van der Waals surface area contributed by atoms with Crippen molar-refractivity contribution < 1.29 is 9.53 Å². The highest BCUT2D eigenvalue weighted by molar-refractivity contribution is 6.17. The molecular weight excluding hydrogens is 274 g/mol. The molecule has 3 nitrogen and oxygen atoms in total. The van der Waals surface area contributed by atoms with E-state index >= 15 is 0 Å². The number of ether oxygens (including phenoxy) is 1. The van der Waals surface area contributed by atoms with E-state index in [0.717, 1.165) is 31.5 Å². The molecular formula is C16H22ClNO2. The average molecular weight is 296 g/mol. The molecule has 1 atom stereocenters. The number of likely N-dealkylation sites (tertiary alicyclic amines) is 1. The molecule has 0 bridgehead atoms. The van der Waals surface area contributed by atoms with Gasteiger partial charge in [-0.3, -0.25) is 4.79 Å². The van der Waals surface area contributed by atoms with Gasteiger partial charge in [-0.25, -0.2) is 0 Å². The van der Waals surface area contributed by atoms with E-state index in [1.165, 1.54) is 0 Å². The summed E-state index contributed by atoms with van der Waals surface area (Å²) >= 11 is 5.62. The van der Waals surface area contributed by atoms with Crippen LogP contribution in [0.15, 0.2) is 30.3 Å². The van der Waals surface area contributed by atoms with Crippen LogP contribution in [0.1, 0.15) is 31.2 Å². The Balaban J connectivity index is 1.85. The number of carbonyl (C=O) groups is 1. The second-order valence-corrected chi connectivity index (χ2v) is 5.59. The molecule has 1 aliphatic rings. The van der Waals surface area contributed by atoms with Crippen LogP contribution < -0.4 is 0 Å². The number of amides is 1. The van der Waals surface area contributed by atoms with Crippen LogP contribution in [0.3, 0.4) is 0 Å². The van der Waals surface area contributed by atoms with Crippen LogP contribution in [-0.4, -0.2) is 42.5 Å². The molecule has 110 valence electrons. The fourth-order valence-electron chi connectivity index (χ4n) is 2.61. The zero-order valence-corrected chi connectivity index (χ0v) is 12.7. The second kappa shape index (κ2) is 7.65. The maximum Gasteiger partial charge on any atom is 0.229 e. The number of hydrogen-bond acceptors (Lipinski definition) is 2. The normalized spacial score (nSPS) is 18.0. The van der Waals surface area contributed by atoms with Gasteiger partial charge in [0.25, 0.3) is 0 Å². The van der Waals surface area contributed by atoms with Crippen LogP contribution in [0.25, 0.3) is 0 Å². The quantitative estimate of drug-likeness (QED) is 0.782. The van der Waals surface area contributed by atoms with E-state index in [0.29, 0.717) is 12.5 Å². The van der Waals surface area contributed by atoms with Gasteiger partial charge in [0.1, 0.15) is 0 Å². The molecule has 1 aromatic carbocycles. The molecule has 1 unspecified atom stereocenters. The summed E-state index contributed by atoms with van der Waals surface area (Å²) in [6.45, 7) is 4.14. The molecule has 4 heteroatoms. The first-order valence-electron chi connectivity index (χ1n) is 7.23. The largest absolute Gasteiger partial charge is 0.377 e. The Kier molecular flexibility index (Phi) is 5.86. The summed E-state index contributed by atoms with van der Waals surface area (Å²) in [5.41, 5.74) is 1.08. The summed E-state index contributed by atoms with van der Waals surface area (Å²) in [6, 6.07) is 9.95. The Bertz CT molecular complexity index is 416. The third-order valence-corrected chi connectivity index (χ3v) is 4.01. The predicted molar refractivity (Wildman–Crippen MR) is 81.1 cm³/mol. The number of alkyl halides is 1. The van der Waals surface area contributed by atoms with Gasteiger partial charge in [-0.1, -0.05) is 30.3 Å². The third kappa shape index (κ3) is 3.97. The van der Waals surface area contributed by atoms with Crippen LogP contribution in [0.4, 0.5) is 0 Å². The van der Waals surface area contributed by atoms with E-state index in [1.54, 1.807) is 0 Å². The van der Waals surface area contributed by atoms with E-state index in [4.69, 9.17) is 16.3 Å². The summed E-state index contributed by atoms with van der Waals surface area (Å²) in [5.74, 6) is 0.674. The van der Waals surface area contributed by atoms with Crippen molar-refractivity contribution in [3.8, 4) is 0 Å². The zero-order chi connectivity index (χ0) is 14.4. The number of halogens is 1. The smallest absolute Gasteiger partial charge is 0.229 e. The Morgan fingerprint density at radius 1 is 1.35 bits per heavy atom. The van der Waals surface area contributed by atoms with Crippen LogP contribution in [0.2, 0.25) is 0 Å². The van der Waals surface area contributed by atoms with Crippen molar-refractivity contribution in [2.24, 2.45) is 0 Å². The first-order chi connectivity index (χ1) is 9.72. The Morgan fingerprint density at radius 2 is 2.00 bits per heavy atom. The van der Waals surface area contributed by atoms with Crippen LogP contribution in [0, 0.1) is 0 Å². The minimum absolute atomic E-state index is 0.0727. The fraction of sp³-hybridized carbons (Fsp3) is 0.562. The highest BCUT2D eigenvalue weighted by Gasteiger charge is 2.26. The summed E-state index contributed by atoms with van der Waals surface area (Å²) in [4.78, 5) is 14.4. The number of nitrogens with zero attached hydrogens (tertiary/aromatic N) is 1. The van der Waals surface area contributed by atoms with E-state index in [9.17, 15) is 4.79 Å². The van der Waals surface area contributed by atoms with E-state index in [1.807, 2.05) is 42.2 Å². The van der Waals surface area contributed by atoms with Crippen molar-refractivity contribution in [2.75, 3.05) is 25.6 Å². The zero-order valence-electron chi connectivity index (χ0n) is 11.9. The monoisotopic (exact) mass is 295 g/mol. The second-order valence-electron chi connectivity index (χ2n) is 5.22. The summed E-state index contributed by atoms with van der Waals surface area (Å²) < 4.78 is 5.64. The number of carbonyl (C=O) groups excluding carboxylic acids is 1. The number of piperidine rings is 1. The Labute approximate surface area is 125 Å². The Morgan fingerprint density at radius 3 is 2.60 bits per heavy atom. The minimum atomic E-state index is -0.0727. The average Bonchev–Trinajstić information content (AvgIpc) is 2.53. The SMILES string of the molecule is CC(C(=O)N1CCC(OCCCl)CC1)c1ccccc1. The van der Waals surface area contributed by atoms with Gasteiger partial charge in [-0.15, -0.1) is 11.6 Å². The van der Waals surface area contributed by atoms with E-state index in [-0.39, 0.29) is 17.9 Å². The lowest BCUT2D eigenvalue weighted by atomic mass is 9.98. The number of benzene rings is 1. The molecule has 1 amide bonds. The van der Waals surface area contributed by atoms with Gasteiger partial charge < -0.3 is 9.64 Å². The lowest BCUT2D eigenvalue weighted by Gasteiger charge is -2.33. The fourth-order valence-corrected chi connectivity index (χ4v) is 2.70. The van der Waals surface area contributed by atoms with Gasteiger partial charge in [-0.2, -0.15) is 0 Å². The molecule has 0 N–H and O–H groups in total. The van der Waals surface area contributed by atoms with Crippen molar-refractivity contribution >= 4 is 17.5 Å². The summed E-state index contributed by atoms with van der Waals surface area (Å²) in [7, 11) is 0. The topological polar surface area (TPSA) is 29.5 Å². The molecule has 0 spiro atoms. The molecule has 1 aromatic rings. The lowest BCUT2D eigenvalue weighted by molar-refractivity contribution is -0.135. The summed E-state index contributed by atoms with van der Waals surface area (Å²) in [5, 5.41) is 0. The molecule has 2 rings (SSSR count). The van der Waals surface area contributed by atoms with Crippen molar-refractivity contribution in [2.45, 2.75) is 31.8 Å². The molecule has 0 radical (unpaired) electrons. The van der Waals surface area contributed by atoms with Crippen molar-refractivity contribution in [3.05, 3.63) is 35.9 Å². The van der Waals surface area contributed by atoms with Crippen LogP contribution >= 0.6 is 11.6 Å². The van der Waals surface area contributed by atoms with Crippen LogP contribution in [-0.2, 0) is 9.53 Å². The first-order valence-corrected chi connectivity index (χ1v) is 7.77. The van der Waals surface area contributed by atoms with Crippen molar-refractivity contribution in [3.63, 3.8) is 0 Å². The molecule has 0 aliphatic carbocycles. The maximum atomic E-state index is 12.5. The lowest BCUT2D eigenvalue weighted by Crippen LogP contribution is -2.42. The molecule has 0 aromatic heterocycles. The third-order valence-electron chi connectivity index (χ3n) is 3.85. The van der Waals surface area contributed by atoms with Gasteiger partial charge in [-0.05, 0) is 25.3 Å². The standard InChI is InChI=1S/C16H22ClNO2/c1-13(14-5-3-2-4-6-14)16(19)18-10-7-15(8-11-18)20-12-9-17/h2-6,13,15H,7-12H2,1H3. The van der Waals surface area contributed by atoms with Crippen molar-refractivity contribution in [1.82, 2.24) is 4.90 Å². The predicted octanol–water partition coefficient (Wildman–Crippen LogP) is 3.04. The molecule has 1 fully saturated rings. The first kappa shape index (κ1) is 15.3. The van der Waals surface area contributed by atoms with E-state index in [2.05, 4.69) is 0 Å². The van der Waals surface area contributed by atoms with Gasteiger partial charge in [0.05, 0.1) is 18.6 Å².